The van der Waals surface area contributed by atoms with Crippen LogP contribution in [-0.4, -0.2) is 23.1 Å². The number of aromatic nitrogens is 1. The van der Waals surface area contributed by atoms with Crippen LogP contribution in [0.4, 0.5) is 4.39 Å². The maximum Gasteiger partial charge on any atom is 0.184 e. The van der Waals surface area contributed by atoms with E-state index in [0.29, 0.717) is 17.3 Å². The van der Waals surface area contributed by atoms with E-state index in [1.165, 1.54) is 18.4 Å². The first-order valence-corrected chi connectivity index (χ1v) is 9.30. The van der Waals surface area contributed by atoms with Gasteiger partial charge in [0.2, 0.25) is 0 Å². The molecule has 4 N–H and O–H groups in total. The van der Waals surface area contributed by atoms with Crippen molar-refractivity contribution in [3.8, 4) is 0 Å². The molecular formula is C19H22ClFN4O2. The molecule has 0 saturated heterocycles. The molecule has 1 unspecified atom stereocenters. The van der Waals surface area contributed by atoms with E-state index < -0.39 is 0 Å². The summed E-state index contributed by atoms with van der Waals surface area (Å²) >= 11 is 6.26. The van der Waals surface area contributed by atoms with Crippen molar-refractivity contribution in [2.75, 3.05) is 0 Å². The standard InChI is InChI=1S/C19H22ClFN4O2/c20-18-17(12-6-8-13(21)9-7-12)23-19(24-18)14(22)4-2-1-3-5-16(26)15-10-11-27-25-15/h6-11,14,19,23-24H,1-5,22H2/t14-,19?/m0/s1. The normalized spacial score (nSPS) is 17.5. The second-order valence-corrected chi connectivity index (χ2v) is 6.91. The van der Waals surface area contributed by atoms with E-state index in [0.717, 1.165) is 36.9 Å². The lowest BCUT2D eigenvalue weighted by Crippen LogP contribution is -2.48. The molecule has 0 saturated carbocycles. The summed E-state index contributed by atoms with van der Waals surface area (Å²) in [7, 11) is 0. The van der Waals surface area contributed by atoms with Crippen LogP contribution in [0.2, 0.25) is 0 Å². The van der Waals surface area contributed by atoms with E-state index in [-0.39, 0.29) is 23.8 Å². The Hall–Kier alpha value is -2.38. The Morgan fingerprint density at radius 1 is 1.22 bits per heavy atom. The molecule has 2 heterocycles. The SMILES string of the molecule is N[C@@H](CCCCCC(=O)c1ccon1)C1NC(Cl)=C(c2ccc(F)cc2)N1. The van der Waals surface area contributed by atoms with Crippen molar-refractivity contribution in [1.82, 2.24) is 15.8 Å². The maximum absolute atomic E-state index is 13.1. The average molecular weight is 393 g/mol. The van der Waals surface area contributed by atoms with Gasteiger partial charge in [0.15, 0.2) is 5.78 Å². The minimum Gasteiger partial charge on any atom is -0.364 e. The van der Waals surface area contributed by atoms with Crippen molar-refractivity contribution in [3.63, 3.8) is 0 Å². The second kappa shape index (κ2) is 9.01. The van der Waals surface area contributed by atoms with Crippen molar-refractivity contribution in [1.29, 1.82) is 0 Å². The Morgan fingerprint density at radius 3 is 2.70 bits per heavy atom. The molecule has 0 fully saturated rings. The number of nitrogens with one attached hydrogen (secondary N) is 2. The predicted octanol–water partition coefficient (Wildman–Crippen LogP) is 3.36. The van der Waals surface area contributed by atoms with Crippen LogP contribution in [0.5, 0.6) is 0 Å². The van der Waals surface area contributed by atoms with E-state index in [4.69, 9.17) is 17.3 Å². The number of rotatable bonds is 9. The molecule has 1 aliphatic heterocycles. The topological polar surface area (TPSA) is 93.2 Å². The van der Waals surface area contributed by atoms with Crippen molar-refractivity contribution < 1.29 is 13.7 Å². The first-order chi connectivity index (χ1) is 13.0. The number of nitrogens with two attached hydrogens (primary N) is 1. The first-order valence-electron chi connectivity index (χ1n) is 8.92. The summed E-state index contributed by atoms with van der Waals surface area (Å²) in [6.07, 6.45) is 5.02. The Bertz CT molecular complexity index is 793. The summed E-state index contributed by atoms with van der Waals surface area (Å²) in [4.78, 5) is 11.8. The number of hydrogen-bond donors (Lipinski definition) is 3. The molecule has 1 aliphatic rings. The molecule has 8 heteroatoms. The van der Waals surface area contributed by atoms with Gasteiger partial charge in [0.25, 0.3) is 0 Å². The molecule has 144 valence electrons. The van der Waals surface area contributed by atoms with Crippen molar-refractivity contribution in [2.45, 2.75) is 44.3 Å². The molecule has 6 nitrogen and oxygen atoms in total. The quantitative estimate of drug-likeness (QED) is 0.344. The average Bonchev–Trinajstić information content (AvgIpc) is 3.32. The smallest absolute Gasteiger partial charge is 0.184 e. The van der Waals surface area contributed by atoms with Gasteiger partial charge >= 0.3 is 0 Å². The summed E-state index contributed by atoms with van der Waals surface area (Å²) in [6.45, 7) is 0. The van der Waals surface area contributed by atoms with Gasteiger partial charge in [-0.05, 0) is 37.1 Å². The van der Waals surface area contributed by atoms with E-state index in [9.17, 15) is 9.18 Å². The van der Waals surface area contributed by atoms with Gasteiger partial charge < -0.3 is 20.9 Å². The van der Waals surface area contributed by atoms with Crippen molar-refractivity contribution >= 4 is 23.1 Å². The van der Waals surface area contributed by atoms with Crippen LogP contribution in [0, 0.1) is 5.82 Å². The van der Waals surface area contributed by atoms with Gasteiger partial charge in [-0.2, -0.15) is 0 Å². The molecule has 0 bridgehead atoms. The molecule has 27 heavy (non-hydrogen) atoms. The van der Waals surface area contributed by atoms with Gasteiger partial charge in [-0.25, -0.2) is 4.39 Å². The fourth-order valence-electron chi connectivity index (χ4n) is 3.00. The lowest BCUT2D eigenvalue weighted by Gasteiger charge is -2.21. The van der Waals surface area contributed by atoms with Crippen LogP contribution in [0.3, 0.4) is 0 Å². The van der Waals surface area contributed by atoms with Crippen LogP contribution < -0.4 is 16.4 Å². The third-order valence-electron chi connectivity index (χ3n) is 4.53. The minimum absolute atomic E-state index is 0.00732. The largest absolute Gasteiger partial charge is 0.364 e. The zero-order chi connectivity index (χ0) is 19.2. The summed E-state index contributed by atoms with van der Waals surface area (Å²) in [5.74, 6) is -0.302. The molecule has 2 aromatic rings. The molecule has 2 atom stereocenters. The summed E-state index contributed by atoms with van der Waals surface area (Å²) < 4.78 is 17.7. The highest BCUT2D eigenvalue weighted by Gasteiger charge is 2.27. The van der Waals surface area contributed by atoms with E-state index in [2.05, 4.69) is 20.3 Å². The number of halogens is 2. The van der Waals surface area contributed by atoms with Crippen LogP contribution in [0.15, 0.2) is 46.3 Å². The number of nitrogens with zero attached hydrogens (tertiary/aromatic N) is 1. The summed E-state index contributed by atoms with van der Waals surface area (Å²) in [6, 6.07) is 7.54. The number of unbranched alkanes of at least 4 members (excludes halogenated alkanes) is 2. The number of ketones is 1. The Kier molecular flexibility index (Phi) is 6.47. The highest BCUT2D eigenvalue weighted by Crippen LogP contribution is 2.24. The Balaban J connectivity index is 1.39. The molecule has 3 rings (SSSR count). The number of hydrogen-bond acceptors (Lipinski definition) is 6. The first kappa shape index (κ1) is 19.4. The van der Waals surface area contributed by atoms with E-state index >= 15 is 0 Å². The van der Waals surface area contributed by atoms with Crippen LogP contribution in [0.1, 0.15) is 48.2 Å². The summed E-state index contributed by atoms with van der Waals surface area (Å²) in [5, 5.41) is 10.5. The monoisotopic (exact) mass is 392 g/mol. The van der Waals surface area contributed by atoms with E-state index in [1.807, 2.05) is 0 Å². The van der Waals surface area contributed by atoms with Gasteiger partial charge in [0, 0.05) is 24.1 Å². The van der Waals surface area contributed by atoms with Crippen molar-refractivity contribution in [2.24, 2.45) is 5.73 Å². The van der Waals surface area contributed by atoms with Gasteiger partial charge in [0.1, 0.15) is 29.1 Å². The number of benzene rings is 1. The number of Topliss-reactive ketones (excluding diaryl/α,β-unsaturated/α-hetero) is 1. The minimum atomic E-state index is -0.295. The highest BCUT2D eigenvalue weighted by molar-refractivity contribution is 6.32. The lowest BCUT2D eigenvalue weighted by molar-refractivity contribution is 0.0970. The number of carbonyl (C=O) groups excluding carboxylic acids is 1. The maximum atomic E-state index is 13.1. The van der Waals surface area contributed by atoms with Crippen LogP contribution >= 0.6 is 11.6 Å². The molecular weight excluding hydrogens is 371 g/mol. The molecule has 0 spiro atoms. The van der Waals surface area contributed by atoms with Gasteiger partial charge in [-0.15, -0.1) is 0 Å². The fourth-order valence-corrected chi connectivity index (χ4v) is 3.28. The van der Waals surface area contributed by atoms with Crippen molar-refractivity contribution in [3.05, 3.63) is 58.8 Å². The fraction of sp³-hybridized carbons (Fsp3) is 0.368. The third kappa shape index (κ3) is 5.08. The zero-order valence-corrected chi connectivity index (χ0v) is 15.5. The van der Waals surface area contributed by atoms with Gasteiger partial charge in [-0.3, -0.25) is 4.79 Å². The molecule has 1 aromatic carbocycles. The van der Waals surface area contributed by atoms with E-state index in [1.54, 1.807) is 18.2 Å². The molecule has 0 radical (unpaired) electrons. The lowest BCUT2D eigenvalue weighted by atomic mass is 10.0. The Morgan fingerprint density at radius 2 is 2.00 bits per heavy atom. The second-order valence-electron chi connectivity index (χ2n) is 6.53. The molecule has 0 amide bonds. The van der Waals surface area contributed by atoms with Crippen LogP contribution in [0.25, 0.3) is 5.70 Å². The Labute approximate surface area is 161 Å². The van der Waals surface area contributed by atoms with Gasteiger partial charge in [-0.1, -0.05) is 29.6 Å². The molecule has 1 aromatic heterocycles. The highest BCUT2D eigenvalue weighted by atomic mass is 35.5. The van der Waals surface area contributed by atoms with Crippen LogP contribution in [-0.2, 0) is 0 Å². The summed E-state index contributed by atoms with van der Waals surface area (Å²) in [5.41, 5.74) is 8.16. The zero-order valence-electron chi connectivity index (χ0n) is 14.8. The number of carbonyl (C=O) groups is 1. The predicted molar refractivity (Wildman–Crippen MR) is 101 cm³/mol. The molecule has 0 aliphatic carbocycles. The van der Waals surface area contributed by atoms with Gasteiger partial charge in [0.05, 0.1) is 5.70 Å². The third-order valence-corrected chi connectivity index (χ3v) is 4.83.